The zero-order chi connectivity index (χ0) is 13.0. The van der Waals surface area contributed by atoms with Crippen LogP contribution in [-0.4, -0.2) is 53.6 Å². The van der Waals surface area contributed by atoms with Gasteiger partial charge in [0.25, 0.3) is 0 Å². The highest BCUT2D eigenvalue weighted by molar-refractivity contribution is 5.69. The van der Waals surface area contributed by atoms with Gasteiger partial charge in [-0.15, -0.1) is 0 Å². The molecule has 1 aromatic rings. The highest BCUT2D eigenvalue weighted by Crippen LogP contribution is 2.09. The Morgan fingerprint density at radius 1 is 1.11 bits per heavy atom. The van der Waals surface area contributed by atoms with Crippen molar-refractivity contribution >= 4 is 5.97 Å². The Morgan fingerprint density at radius 3 is 2.22 bits per heavy atom. The zero-order valence-electron chi connectivity index (χ0n) is 10.2. The molecule has 2 rings (SSSR count). The number of benzene rings is 1. The molecule has 0 unspecified atom stereocenters. The van der Waals surface area contributed by atoms with Gasteiger partial charge in [0, 0.05) is 32.7 Å². The van der Waals surface area contributed by atoms with Gasteiger partial charge in [0.05, 0.1) is 6.54 Å². The SMILES string of the molecule is O=C(O)CN1CCN(Cc2ccc(F)cc2)CC1. The second-order valence-electron chi connectivity index (χ2n) is 4.57. The predicted molar refractivity (Wildman–Crippen MR) is 65.8 cm³/mol. The third-order valence-corrected chi connectivity index (χ3v) is 3.14. The third kappa shape index (κ3) is 3.78. The minimum Gasteiger partial charge on any atom is -0.480 e. The zero-order valence-corrected chi connectivity index (χ0v) is 10.2. The van der Waals surface area contributed by atoms with E-state index in [0.29, 0.717) is 0 Å². The summed E-state index contributed by atoms with van der Waals surface area (Å²) in [6.45, 7) is 4.15. The first-order chi connectivity index (χ1) is 8.63. The molecule has 0 saturated carbocycles. The van der Waals surface area contributed by atoms with Crippen LogP contribution in [0.15, 0.2) is 24.3 Å². The number of carboxylic acid groups (broad SMARTS) is 1. The van der Waals surface area contributed by atoms with Gasteiger partial charge >= 0.3 is 5.97 Å². The second kappa shape index (κ2) is 5.93. The fourth-order valence-electron chi connectivity index (χ4n) is 2.14. The van der Waals surface area contributed by atoms with Crippen LogP contribution in [0, 0.1) is 5.82 Å². The molecular formula is C13H17FN2O2. The van der Waals surface area contributed by atoms with Crippen molar-refractivity contribution in [3.8, 4) is 0 Å². The number of hydrogen-bond donors (Lipinski definition) is 1. The summed E-state index contributed by atoms with van der Waals surface area (Å²) in [5, 5.41) is 8.70. The van der Waals surface area contributed by atoms with Crippen LogP contribution < -0.4 is 0 Å². The average Bonchev–Trinajstić information content (AvgIpc) is 2.34. The summed E-state index contributed by atoms with van der Waals surface area (Å²) in [4.78, 5) is 14.8. The average molecular weight is 252 g/mol. The van der Waals surface area contributed by atoms with Crippen molar-refractivity contribution in [3.63, 3.8) is 0 Å². The van der Waals surface area contributed by atoms with Crippen molar-refractivity contribution in [2.75, 3.05) is 32.7 Å². The molecule has 0 bridgehead atoms. The van der Waals surface area contributed by atoms with E-state index < -0.39 is 5.97 Å². The van der Waals surface area contributed by atoms with Crippen LogP contribution in [0.25, 0.3) is 0 Å². The monoisotopic (exact) mass is 252 g/mol. The maximum atomic E-state index is 12.8. The molecule has 0 aliphatic carbocycles. The predicted octanol–water partition coefficient (Wildman–Crippen LogP) is 1.03. The Balaban J connectivity index is 1.79. The lowest BCUT2D eigenvalue weighted by Crippen LogP contribution is -2.47. The third-order valence-electron chi connectivity index (χ3n) is 3.14. The van der Waals surface area contributed by atoms with E-state index in [4.69, 9.17) is 5.11 Å². The van der Waals surface area contributed by atoms with E-state index in [1.54, 1.807) is 12.1 Å². The Morgan fingerprint density at radius 2 is 1.67 bits per heavy atom. The van der Waals surface area contributed by atoms with Gasteiger partial charge in [-0.25, -0.2) is 4.39 Å². The molecule has 98 valence electrons. The van der Waals surface area contributed by atoms with Gasteiger partial charge in [-0.1, -0.05) is 12.1 Å². The minimum atomic E-state index is -0.776. The quantitative estimate of drug-likeness (QED) is 0.869. The van der Waals surface area contributed by atoms with Crippen LogP contribution in [0.3, 0.4) is 0 Å². The maximum Gasteiger partial charge on any atom is 0.317 e. The molecule has 0 aromatic heterocycles. The first kappa shape index (κ1) is 13.0. The molecular weight excluding hydrogens is 235 g/mol. The Hall–Kier alpha value is -1.46. The van der Waals surface area contributed by atoms with E-state index in [-0.39, 0.29) is 12.4 Å². The molecule has 1 N–H and O–H groups in total. The normalized spacial score (nSPS) is 17.8. The Labute approximate surface area is 106 Å². The molecule has 1 fully saturated rings. The molecule has 0 radical (unpaired) electrons. The number of rotatable bonds is 4. The number of carboxylic acids is 1. The number of aliphatic carboxylic acids is 1. The van der Waals surface area contributed by atoms with E-state index >= 15 is 0 Å². The highest BCUT2D eigenvalue weighted by Gasteiger charge is 2.18. The molecule has 1 heterocycles. The second-order valence-corrected chi connectivity index (χ2v) is 4.57. The van der Waals surface area contributed by atoms with Crippen molar-refractivity contribution in [2.24, 2.45) is 0 Å². The van der Waals surface area contributed by atoms with Gasteiger partial charge in [-0.3, -0.25) is 14.6 Å². The fourth-order valence-corrected chi connectivity index (χ4v) is 2.14. The highest BCUT2D eigenvalue weighted by atomic mass is 19.1. The van der Waals surface area contributed by atoms with Gasteiger partial charge in [0.15, 0.2) is 0 Å². The number of hydrogen-bond acceptors (Lipinski definition) is 3. The van der Waals surface area contributed by atoms with E-state index in [1.165, 1.54) is 12.1 Å². The summed E-state index contributed by atoms with van der Waals surface area (Å²) in [7, 11) is 0. The van der Waals surface area contributed by atoms with Crippen molar-refractivity contribution in [1.82, 2.24) is 9.80 Å². The Bertz CT molecular complexity index is 400. The summed E-state index contributed by atoms with van der Waals surface area (Å²) in [5.41, 5.74) is 1.09. The fraction of sp³-hybridized carbons (Fsp3) is 0.462. The lowest BCUT2D eigenvalue weighted by Gasteiger charge is -2.33. The summed E-state index contributed by atoms with van der Waals surface area (Å²) < 4.78 is 12.8. The van der Waals surface area contributed by atoms with Gasteiger partial charge < -0.3 is 5.11 Å². The molecule has 1 saturated heterocycles. The topological polar surface area (TPSA) is 43.8 Å². The summed E-state index contributed by atoms with van der Waals surface area (Å²) in [5.74, 6) is -0.994. The van der Waals surface area contributed by atoms with Crippen molar-refractivity contribution < 1.29 is 14.3 Å². The van der Waals surface area contributed by atoms with Gasteiger partial charge in [-0.05, 0) is 17.7 Å². The summed E-state index contributed by atoms with van der Waals surface area (Å²) >= 11 is 0. The Kier molecular flexibility index (Phi) is 4.28. The number of nitrogens with zero attached hydrogens (tertiary/aromatic N) is 2. The van der Waals surface area contributed by atoms with Gasteiger partial charge in [0.2, 0.25) is 0 Å². The number of carbonyl (C=O) groups is 1. The van der Waals surface area contributed by atoms with E-state index in [1.807, 2.05) is 4.90 Å². The van der Waals surface area contributed by atoms with Crippen LogP contribution >= 0.6 is 0 Å². The van der Waals surface area contributed by atoms with Crippen molar-refractivity contribution in [1.29, 1.82) is 0 Å². The lowest BCUT2D eigenvalue weighted by molar-refractivity contribution is -0.138. The van der Waals surface area contributed by atoms with E-state index in [2.05, 4.69) is 4.90 Å². The molecule has 4 nitrogen and oxygen atoms in total. The summed E-state index contributed by atoms with van der Waals surface area (Å²) in [6.07, 6.45) is 0. The van der Waals surface area contributed by atoms with Crippen molar-refractivity contribution in [2.45, 2.75) is 6.54 Å². The lowest BCUT2D eigenvalue weighted by atomic mass is 10.2. The van der Waals surface area contributed by atoms with Crippen LogP contribution in [-0.2, 0) is 11.3 Å². The van der Waals surface area contributed by atoms with E-state index in [9.17, 15) is 9.18 Å². The van der Waals surface area contributed by atoms with Crippen LogP contribution in [0.1, 0.15) is 5.56 Å². The standard InChI is InChI=1S/C13H17FN2O2/c14-12-3-1-11(2-4-12)9-15-5-7-16(8-6-15)10-13(17)18/h1-4H,5-10H2,(H,17,18). The summed E-state index contributed by atoms with van der Waals surface area (Å²) in [6, 6.07) is 6.52. The molecule has 5 heteroatoms. The first-order valence-corrected chi connectivity index (χ1v) is 6.04. The maximum absolute atomic E-state index is 12.8. The largest absolute Gasteiger partial charge is 0.480 e. The van der Waals surface area contributed by atoms with Crippen molar-refractivity contribution in [3.05, 3.63) is 35.6 Å². The molecule has 1 aliphatic heterocycles. The molecule has 0 atom stereocenters. The van der Waals surface area contributed by atoms with Crippen LogP contribution in [0.4, 0.5) is 4.39 Å². The van der Waals surface area contributed by atoms with Crippen LogP contribution in [0.5, 0.6) is 0 Å². The smallest absolute Gasteiger partial charge is 0.317 e. The first-order valence-electron chi connectivity index (χ1n) is 6.04. The van der Waals surface area contributed by atoms with E-state index in [0.717, 1.165) is 38.3 Å². The minimum absolute atomic E-state index is 0.115. The molecule has 0 spiro atoms. The van der Waals surface area contributed by atoms with Gasteiger partial charge in [0.1, 0.15) is 5.82 Å². The molecule has 18 heavy (non-hydrogen) atoms. The van der Waals surface area contributed by atoms with Gasteiger partial charge in [-0.2, -0.15) is 0 Å². The molecule has 1 aliphatic rings. The number of halogens is 1. The van der Waals surface area contributed by atoms with Crippen LogP contribution in [0.2, 0.25) is 0 Å². The molecule has 0 amide bonds. The molecule has 1 aromatic carbocycles. The number of piperazine rings is 1.